The van der Waals surface area contributed by atoms with Gasteiger partial charge in [0, 0.05) is 51.6 Å². The number of aldehydes is 2. The van der Waals surface area contributed by atoms with Gasteiger partial charge in [0.1, 0.15) is 35.3 Å². The van der Waals surface area contributed by atoms with Crippen LogP contribution in [0.25, 0.3) is 0 Å². The van der Waals surface area contributed by atoms with Crippen LogP contribution in [0.4, 0.5) is 40.0 Å². The summed E-state index contributed by atoms with van der Waals surface area (Å²) < 4.78 is 51.6. The summed E-state index contributed by atoms with van der Waals surface area (Å²) >= 11 is 1.65. The van der Waals surface area contributed by atoms with Crippen molar-refractivity contribution in [2.45, 2.75) is 44.1 Å². The van der Waals surface area contributed by atoms with Crippen molar-refractivity contribution in [2.24, 2.45) is 0 Å². The summed E-state index contributed by atoms with van der Waals surface area (Å²) in [7, 11) is 3.72. The van der Waals surface area contributed by atoms with E-state index in [-0.39, 0.29) is 12.2 Å². The average molecular weight is 703 g/mol. The summed E-state index contributed by atoms with van der Waals surface area (Å²) in [6.45, 7) is 2.91. The summed E-state index contributed by atoms with van der Waals surface area (Å²) in [5.41, 5.74) is 2.49. The molecule has 0 saturated carbocycles. The Morgan fingerprint density at radius 2 is 1.53 bits per heavy atom. The van der Waals surface area contributed by atoms with Gasteiger partial charge in [-0.05, 0) is 60.4 Å². The number of aromatic nitrogens is 4. The number of rotatable bonds is 10. The maximum absolute atomic E-state index is 12.6. The van der Waals surface area contributed by atoms with E-state index in [1.807, 2.05) is 55.4 Å². The van der Waals surface area contributed by atoms with Crippen molar-refractivity contribution in [3.63, 3.8) is 0 Å². The van der Waals surface area contributed by atoms with E-state index in [0.717, 1.165) is 65.2 Å². The van der Waals surface area contributed by atoms with Crippen LogP contribution in [0.15, 0.2) is 60.7 Å². The van der Waals surface area contributed by atoms with Crippen LogP contribution in [0.3, 0.4) is 0 Å². The molecule has 2 aromatic heterocycles. The van der Waals surface area contributed by atoms with Crippen molar-refractivity contribution in [2.75, 3.05) is 60.7 Å². The quantitative estimate of drug-likeness (QED) is 0.156. The first kappa shape index (κ1) is 37.0. The highest BCUT2D eigenvalue weighted by Crippen LogP contribution is 2.32. The number of carbonyl (C=O) groups excluding carboxylic acids is 2. The van der Waals surface area contributed by atoms with Gasteiger partial charge in [0.25, 0.3) is 0 Å². The van der Waals surface area contributed by atoms with Gasteiger partial charge in [0.05, 0.1) is 13.1 Å². The fraction of sp³-hybridized carbons (Fsp3) is 0.394. The SMILES string of the molecule is CNc1ccc(N2CCC(c3nnc(NC)s3)CC2)nn1.O=CCc1cccc(N2CC(F)C2)c1.O=CCc1cccc(OC(F)(F)F)c1. The Morgan fingerprint density at radius 3 is 2.08 bits per heavy atom. The van der Waals surface area contributed by atoms with Crippen molar-refractivity contribution in [1.82, 2.24) is 20.4 Å². The molecule has 0 radical (unpaired) electrons. The Morgan fingerprint density at radius 1 is 0.857 bits per heavy atom. The van der Waals surface area contributed by atoms with Crippen LogP contribution < -0.4 is 25.2 Å². The molecule has 49 heavy (non-hydrogen) atoms. The molecular weight excluding hydrogens is 664 g/mol. The minimum atomic E-state index is -4.69. The molecule has 2 aliphatic rings. The third kappa shape index (κ3) is 11.7. The zero-order valence-corrected chi connectivity index (χ0v) is 27.9. The number of nitrogens with one attached hydrogen (secondary N) is 2. The number of hydrogen-bond donors (Lipinski definition) is 2. The highest BCUT2D eigenvalue weighted by atomic mass is 32.1. The van der Waals surface area contributed by atoms with Crippen molar-refractivity contribution in [1.29, 1.82) is 0 Å². The minimum Gasteiger partial charge on any atom is -0.406 e. The number of carbonyl (C=O) groups is 2. The Kier molecular flexibility index (Phi) is 13.6. The molecule has 4 aromatic rings. The molecular formula is C33H38F4N8O3S. The van der Waals surface area contributed by atoms with Gasteiger partial charge in [-0.1, -0.05) is 35.6 Å². The minimum absolute atomic E-state index is 0.0784. The van der Waals surface area contributed by atoms with Crippen LogP contribution in [0.1, 0.15) is 34.9 Å². The fourth-order valence-electron chi connectivity index (χ4n) is 5.06. The summed E-state index contributed by atoms with van der Waals surface area (Å²) in [5.74, 6) is 1.94. The molecule has 2 N–H and O–H groups in total. The summed E-state index contributed by atoms with van der Waals surface area (Å²) in [6, 6.07) is 17.0. The molecule has 2 fully saturated rings. The van der Waals surface area contributed by atoms with E-state index >= 15 is 0 Å². The normalized spacial score (nSPS) is 14.7. The number of hydrogen-bond acceptors (Lipinski definition) is 12. The van der Waals surface area contributed by atoms with E-state index in [0.29, 0.717) is 37.3 Å². The number of halogens is 4. The summed E-state index contributed by atoms with van der Waals surface area (Å²) in [6.07, 6.45) is -1.22. The third-order valence-corrected chi connectivity index (χ3v) is 8.72. The number of ether oxygens (including phenoxy) is 1. The number of nitrogens with zero attached hydrogens (tertiary/aromatic N) is 6. The van der Waals surface area contributed by atoms with E-state index in [9.17, 15) is 27.2 Å². The Labute approximate surface area is 285 Å². The van der Waals surface area contributed by atoms with Crippen LogP contribution in [0, 0.1) is 0 Å². The van der Waals surface area contributed by atoms with Crippen molar-refractivity contribution >= 4 is 46.4 Å². The number of piperidine rings is 1. The van der Waals surface area contributed by atoms with E-state index < -0.39 is 12.5 Å². The topological polar surface area (TPSA) is 125 Å². The van der Waals surface area contributed by atoms with Gasteiger partial charge in [-0.15, -0.1) is 33.6 Å². The molecule has 0 aliphatic carbocycles. The Balaban J connectivity index is 0.000000172. The Hall–Kier alpha value is -4.86. The van der Waals surface area contributed by atoms with Gasteiger partial charge < -0.3 is 34.8 Å². The second-order valence-corrected chi connectivity index (χ2v) is 12.1. The molecule has 0 amide bonds. The predicted molar refractivity (Wildman–Crippen MR) is 181 cm³/mol. The van der Waals surface area contributed by atoms with Crippen molar-refractivity contribution in [3.8, 4) is 5.75 Å². The lowest BCUT2D eigenvalue weighted by atomic mass is 9.98. The monoisotopic (exact) mass is 702 g/mol. The molecule has 11 nitrogen and oxygen atoms in total. The first-order valence-electron chi connectivity index (χ1n) is 15.6. The molecule has 0 unspecified atom stereocenters. The van der Waals surface area contributed by atoms with Crippen molar-refractivity contribution in [3.05, 3.63) is 76.8 Å². The fourth-order valence-corrected chi connectivity index (χ4v) is 5.93. The number of anilines is 4. The van der Waals surface area contributed by atoms with Crippen LogP contribution in [-0.4, -0.2) is 85.8 Å². The standard InChI is InChI=1S/C13H19N7S.C11H12FNO.C9H7F3O2/c1-14-10-3-4-11(17-16-10)20-7-5-9(6-8-20)12-18-19-13(15-2)21-12;12-10-7-13(8-10)11-3-1-2-9(6-11)4-5-14;10-9(11,12)14-8-3-1-2-7(6-8)4-5-13/h3-4,9H,5-8H2,1-2H3,(H,14,16)(H,15,19);1-3,5-6,10H,4,7-8H2;1-3,5-6H,4H2. The van der Waals surface area contributed by atoms with Crippen molar-refractivity contribution < 1.29 is 31.9 Å². The molecule has 0 bridgehead atoms. The molecule has 2 aromatic carbocycles. The average Bonchev–Trinajstić information content (AvgIpc) is 3.57. The second kappa shape index (κ2) is 18.1. The lowest BCUT2D eigenvalue weighted by molar-refractivity contribution is -0.274. The maximum atomic E-state index is 12.6. The zero-order chi connectivity index (χ0) is 35.2. The molecule has 2 aliphatic heterocycles. The molecule has 6 rings (SSSR count). The predicted octanol–water partition coefficient (Wildman–Crippen LogP) is 5.71. The Bertz CT molecular complexity index is 1610. The lowest BCUT2D eigenvalue weighted by Crippen LogP contribution is -2.48. The zero-order valence-electron chi connectivity index (χ0n) is 27.1. The van der Waals surface area contributed by atoms with Crippen LogP contribution in [-0.2, 0) is 22.4 Å². The van der Waals surface area contributed by atoms with Gasteiger partial charge >= 0.3 is 6.36 Å². The first-order chi connectivity index (χ1) is 23.6. The third-order valence-electron chi connectivity index (χ3n) is 7.61. The van der Waals surface area contributed by atoms with Gasteiger partial charge in [0.2, 0.25) is 5.13 Å². The van der Waals surface area contributed by atoms with Crippen LogP contribution in [0.5, 0.6) is 5.75 Å². The van der Waals surface area contributed by atoms with Crippen LogP contribution in [0.2, 0.25) is 0 Å². The first-order valence-corrected chi connectivity index (χ1v) is 16.4. The smallest absolute Gasteiger partial charge is 0.406 e. The van der Waals surface area contributed by atoms with E-state index in [1.54, 1.807) is 17.4 Å². The molecule has 4 heterocycles. The summed E-state index contributed by atoms with van der Waals surface area (Å²) in [4.78, 5) is 24.7. The van der Waals surface area contributed by atoms with E-state index in [4.69, 9.17) is 0 Å². The lowest BCUT2D eigenvalue weighted by Gasteiger charge is -2.36. The highest BCUT2D eigenvalue weighted by Gasteiger charge is 2.31. The molecule has 2 saturated heterocycles. The van der Waals surface area contributed by atoms with Gasteiger partial charge in [0.15, 0.2) is 5.82 Å². The second-order valence-electron chi connectivity index (χ2n) is 11.1. The summed E-state index contributed by atoms with van der Waals surface area (Å²) in [5, 5.41) is 24.9. The molecule has 0 spiro atoms. The van der Waals surface area contributed by atoms with Gasteiger partial charge in [-0.25, -0.2) is 4.39 Å². The maximum Gasteiger partial charge on any atom is 0.573 e. The van der Waals surface area contributed by atoms with Crippen LogP contribution >= 0.6 is 11.3 Å². The van der Waals surface area contributed by atoms with Gasteiger partial charge in [-0.2, -0.15) is 0 Å². The largest absolute Gasteiger partial charge is 0.573 e. The highest BCUT2D eigenvalue weighted by molar-refractivity contribution is 7.15. The van der Waals surface area contributed by atoms with Gasteiger partial charge in [-0.3, -0.25) is 0 Å². The molecule has 16 heteroatoms. The molecule has 0 atom stereocenters. The number of benzene rings is 2. The molecule has 262 valence electrons. The van der Waals surface area contributed by atoms with E-state index in [1.165, 1.54) is 18.2 Å². The van der Waals surface area contributed by atoms with E-state index in [2.05, 4.69) is 40.7 Å². The number of alkyl halides is 4.